The Labute approximate surface area is 98.6 Å². The fraction of sp³-hybridized carbons (Fsp3) is 0.714. The molecule has 0 spiro atoms. The third-order valence-corrected chi connectivity index (χ3v) is 3.40. The highest BCUT2D eigenvalue weighted by Crippen LogP contribution is 2.32. The maximum atomic E-state index is 8.93. The van der Waals surface area contributed by atoms with E-state index in [0.717, 1.165) is 17.9 Å². The molecule has 0 aromatic heterocycles. The van der Waals surface area contributed by atoms with Crippen molar-refractivity contribution in [2.75, 3.05) is 0 Å². The lowest BCUT2D eigenvalue weighted by atomic mass is 9.80. The second kappa shape index (κ2) is 5.71. The van der Waals surface area contributed by atoms with Gasteiger partial charge in [0.2, 0.25) is 0 Å². The van der Waals surface area contributed by atoms with Gasteiger partial charge < -0.3 is 0 Å². The van der Waals surface area contributed by atoms with Crippen molar-refractivity contribution in [1.82, 2.24) is 0 Å². The van der Waals surface area contributed by atoms with Gasteiger partial charge in [-0.2, -0.15) is 10.5 Å². The molecular formula is C14H20N2. The number of hydrogen-bond acceptors (Lipinski definition) is 2. The van der Waals surface area contributed by atoms with Crippen molar-refractivity contribution < 1.29 is 0 Å². The van der Waals surface area contributed by atoms with Crippen LogP contribution >= 0.6 is 0 Å². The lowest BCUT2D eigenvalue weighted by Crippen LogP contribution is -2.14. The normalized spacial score (nSPS) is 17.4. The van der Waals surface area contributed by atoms with Crippen molar-refractivity contribution in [2.45, 2.75) is 51.9 Å². The van der Waals surface area contributed by atoms with Crippen LogP contribution in [0.3, 0.4) is 0 Å². The number of nitriles is 2. The average Bonchev–Trinajstić information content (AvgIpc) is 2.30. The van der Waals surface area contributed by atoms with Crippen molar-refractivity contribution in [1.29, 1.82) is 10.5 Å². The third-order valence-electron chi connectivity index (χ3n) is 3.40. The summed E-state index contributed by atoms with van der Waals surface area (Å²) < 4.78 is 0. The lowest BCUT2D eigenvalue weighted by molar-refractivity contribution is 0.349. The fourth-order valence-electron chi connectivity index (χ4n) is 2.48. The van der Waals surface area contributed by atoms with Gasteiger partial charge in [0.05, 0.1) is 12.1 Å². The minimum atomic E-state index is -0.883. The monoisotopic (exact) mass is 216 g/mol. The molecule has 0 saturated heterocycles. The van der Waals surface area contributed by atoms with Crippen LogP contribution in [0.1, 0.15) is 51.9 Å². The van der Waals surface area contributed by atoms with E-state index in [1.165, 1.54) is 32.1 Å². The standard InChI is InChI=1S/C14H20N2/c1-12(9-14(2,10-15)11-16)8-13-6-4-3-5-7-13/h13H,1,3-9H2,2H3. The summed E-state index contributed by atoms with van der Waals surface area (Å²) in [4.78, 5) is 0. The molecule has 0 amide bonds. The molecule has 0 radical (unpaired) electrons. The molecule has 1 aliphatic carbocycles. The zero-order valence-electron chi connectivity index (χ0n) is 10.1. The van der Waals surface area contributed by atoms with E-state index in [0.29, 0.717) is 6.42 Å². The SMILES string of the molecule is C=C(CC1CCCCC1)CC(C)(C#N)C#N. The zero-order chi connectivity index (χ0) is 12.0. The Hall–Kier alpha value is -1.28. The van der Waals surface area contributed by atoms with Crippen LogP contribution in [0.5, 0.6) is 0 Å². The van der Waals surface area contributed by atoms with Crippen molar-refractivity contribution >= 4 is 0 Å². The smallest absolute Gasteiger partial charge is 0.144 e. The van der Waals surface area contributed by atoms with Gasteiger partial charge in [-0.25, -0.2) is 0 Å². The van der Waals surface area contributed by atoms with Crippen molar-refractivity contribution in [3.63, 3.8) is 0 Å². The first-order chi connectivity index (χ1) is 7.59. The minimum Gasteiger partial charge on any atom is -0.197 e. The summed E-state index contributed by atoms with van der Waals surface area (Å²) in [6, 6.07) is 4.15. The summed E-state index contributed by atoms with van der Waals surface area (Å²) in [5.74, 6) is 0.739. The summed E-state index contributed by atoms with van der Waals surface area (Å²) in [5, 5.41) is 17.9. The Balaban J connectivity index is 2.41. The molecule has 0 N–H and O–H groups in total. The van der Waals surface area contributed by atoms with Gasteiger partial charge in [0.25, 0.3) is 0 Å². The van der Waals surface area contributed by atoms with Gasteiger partial charge >= 0.3 is 0 Å². The van der Waals surface area contributed by atoms with Crippen molar-refractivity contribution in [2.24, 2.45) is 11.3 Å². The van der Waals surface area contributed by atoms with Crippen LogP contribution in [0, 0.1) is 34.0 Å². The van der Waals surface area contributed by atoms with E-state index in [-0.39, 0.29) is 0 Å². The first kappa shape index (κ1) is 12.8. The highest BCUT2D eigenvalue weighted by atomic mass is 14.4. The summed E-state index contributed by atoms with van der Waals surface area (Å²) in [7, 11) is 0. The van der Waals surface area contributed by atoms with Crippen LogP contribution in [0.2, 0.25) is 0 Å². The molecule has 2 heteroatoms. The van der Waals surface area contributed by atoms with E-state index >= 15 is 0 Å². The topological polar surface area (TPSA) is 47.6 Å². The molecular weight excluding hydrogens is 196 g/mol. The Morgan fingerprint density at radius 1 is 1.25 bits per heavy atom. The minimum absolute atomic E-state index is 0.524. The number of allylic oxidation sites excluding steroid dienone is 1. The molecule has 1 fully saturated rings. The molecule has 86 valence electrons. The van der Waals surface area contributed by atoms with Gasteiger partial charge in [0.15, 0.2) is 0 Å². The molecule has 1 rings (SSSR count). The van der Waals surface area contributed by atoms with Crippen LogP contribution in [0.15, 0.2) is 12.2 Å². The van der Waals surface area contributed by atoms with E-state index < -0.39 is 5.41 Å². The maximum Gasteiger partial charge on any atom is 0.144 e. The molecule has 0 bridgehead atoms. The highest BCUT2D eigenvalue weighted by molar-refractivity contribution is 5.17. The second-order valence-electron chi connectivity index (χ2n) is 5.19. The molecule has 16 heavy (non-hydrogen) atoms. The maximum absolute atomic E-state index is 8.93. The Bertz CT molecular complexity index is 310. The molecule has 0 aromatic carbocycles. The Morgan fingerprint density at radius 2 is 1.81 bits per heavy atom. The molecule has 2 nitrogen and oxygen atoms in total. The van der Waals surface area contributed by atoms with Crippen LogP contribution in [0.25, 0.3) is 0 Å². The molecule has 1 saturated carbocycles. The predicted molar refractivity (Wildman–Crippen MR) is 64.3 cm³/mol. The van der Waals surface area contributed by atoms with E-state index in [4.69, 9.17) is 10.5 Å². The van der Waals surface area contributed by atoms with Gasteiger partial charge in [-0.15, -0.1) is 0 Å². The van der Waals surface area contributed by atoms with E-state index in [2.05, 4.69) is 18.7 Å². The van der Waals surface area contributed by atoms with Gasteiger partial charge in [-0.1, -0.05) is 44.3 Å². The van der Waals surface area contributed by atoms with Crippen molar-refractivity contribution in [3.8, 4) is 12.1 Å². The molecule has 0 atom stereocenters. The van der Waals surface area contributed by atoms with E-state index in [1.807, 2.05) is 0 Å². The van der Waals surface area contributed by atoms with Crippen LogP contribution in [-0.4, -0.2) is 0 Å². The quantitative estimate of drug-likeness (QED) is 0.668. The van der Waals surface area contributed by atoms with Crippen LogP contribution < -0.4 is 0 Å². The van der Waals surface area contributed by atoms with Gasteiger partial charge in [-0.3, -0.25) is 0 Å². The van der Waals surface area contributed by atoms with E-state index in [1.54, 1.807) is 6.92 Å². The molecule has 0 aliphatic heterocycles. The predicted octanol–water partition coefficient (Wildman–Crippen LogP) is 3.96. The Kier molecular flexibility index (Phi) is 4.56. The molecule has 0 aromatic rings. The number of nitrogens with zero attached hydrogens (tertiary/aromatic N) is 2. The van der Waals surface area contributed by atoms with Gasteiger partial charge in [0.1, 0.15) is 5.41 Å². The fourth-order valence-corrected chi connectivity index (χ4v) is 2.48. The zero-order valence-corrected chi connectivity index (χ0v) is 10.1. The second-order valence-corrected chi connectivity index (χ2v) is 5.19. The van der Waals surface area contributed by atoms with Crippen LogP contribution in [0.4, 0.5) is 0 Å². The largest absolute Gasteiger partial charge is 0.197 e. The molecule has 0 heterocycles. The van der Waals surface area contributed by atoms with Gasteiger partial charge in [0, 0.05) is 0 Å². The van der Waals surface area contributed by atoms with Crippen molar-refractivity contribution in [3.05, 3.63) is 12.2 Å². The summed E-state index contributed by atoms with van der Waals surface area (Å²) >= 11 is 0. The summed E-state index contributed by atoms with van der Waals surface area (Å²) in [6.45, 7) is 5.72. The average molecular weight is 216 g/mol. The number of hydrogen-bond donors (Lipinski definition) is 0. The first-order valence-corrected chi connectivity index (χ1v) is 6.09. The molecule has 1 aliphatic rings. The Morgan fingerprint density at radius 3 is 2.31 bits per heavy atom. The first-order valence-electron chi connectivity index (χ1n) is 6.09. The van der Waals surface area contributed by atoms with Gasteiger partial charge in [-0.05, 0) is 25.7 Å². The summed E-state index contributed by atoms with van der Waals surface area (Å²) in [5.41, 5.74) is 0.184. The third kappa shape index (κ3) is 3.70. The molecule has 0 unspecified atom stereocenters. The number of rotatable bonds is 4. The lowest BCUT2D eigenvalue weighted by Gasteiger charge is -2.23. The van der Waals surface area contributed by atoms with Crippen LogP contribution in [-0.2, 0) is 0 Å². The highest BCUT2D eigenvalue weighted by Gasteiger charge is 2.25. The van der Waals surface area contributed by atoms with E-state index in [9.17, 15) is 0 Å². The summed E-state index contributed by atoms with van der Waals surface area (Å²) in [6.07, 6.45) is 8.10.